The Hall–Kier alpha value is -0.200. The molecule has 24 heavy (non-hydrogen) atoms. The molecule has 5 heteroatoms. The summed E-state index contributed by atoms with van der Waals surface area (Å²) in [4.78, 5) is 2.55. The van der Waals surface area contributed by atoms with Crippen LogP contribution in [-0.4, -0.2) is 66.6 Å². The molecule has 2 aliphatic heterocycles. The number of hydrogen-bond donors (Lipinski definition) is 2. The summed E-state index contributed by atoms with van der Waals surface area (Å²) in [6.07, 6.45) is 8.83. The Kier molecular flexibility index (Phi) is 11.1. The average molecular weight is 344 g/mol. The molecule has 3 aliphatic rings. The lowest BCUT2D eigenvalue weighted by Crippen LogP contribution is -2.48. The Bertz CT molecular complexity index is 272. The van der Waals surface area contributed by atoms with Crippen molar-refractivity contribution >= 4 is 0 Å². The first kappa shape index (κ1) is 21.8. The second-order valence-corrected chi connectivity index (χ2v) is 7.17. The number of methoxy groups -OCH3 is 1. The van der Waals surface area contributed by atoms with Gasteiger partial charge in [0.05, 0.1) is 12.2 Å². The Balaban J connectivity index is 0.000000300. The van der Waals surface area contributed by atoms with Gasteiger partial charge < -0.3 is 14.7 Å². The largest absolute Gasteiger partial charge is 0.393 e. The van der Waals surface area contributed by atoms with Crippen LogP contribution in [0.15, 0.2) is 0 Å². The first-order valence-corrected chi connectivity index (χ1v) is 10.0. The van der Waals surface area contributed by atoms with Crippen LogP contribution >= 0.6 is 0 Å². The van der Waals surface area contributed by atoms with Crippen molar-refractivity contribution in [1.29, 1.82) is 0 Å². The third-order valence-corrected chi connectivity index (χ3v) is 5.72. The maximum Gasteiger partial charge on any atom is 0.0571 e. The topological polar surface area (TPSA) is 62.0 Å². The predicted molar refractivity (Wildman–Crippen MR) is 101 cm³/mol. The van der Waals surface area contributed by atoms with Gasteiger partial charge in [0.15, 0.2) is 0 Å². The van der Waals surface area contributed by atoms with Crippen molar-refractivity contribution in [2.45, 2.75) is 84.0 Å². The molecule has 0 bridgehead atoms. The molecule has 0 spiro atoms. The minimum absolute atomic E-state index is 0.0608. The monoisotopic (exact) mass is 343 g/mol. The molecule has 3 fully saturated rings. The number of nitrogens with two attached hydrogens (primary N) is 1. The Morgan fingerprint density at radius 2 is 1.50 bits per heavy atom. The summed E-state index contributed by atoms with van der Waals surface area (Å²) in [7, 11) is 1.78. The number of piperidine rings is 2. The molecule has 1 atom stereocenters. The number of hydrogen-bond acceptors (Lipinski definition) is 5. The molecule has 0 aromatic rings. The number of aliphatic hydroxyl groups is 1. The quantitative estimate of drug-likeness (QED) is 0.771. The molecule has 2 saturated heterocycles. The molecule has 2 heterocycles. The van der Waals surface area contributed by atoms with Crippen LogP contribution in [0, 0.1) is 5.92 Å². The van der Waals surface area contributed by atoms with Crippen LogP contribution in [-0.2, 0) is 4.74 Å². The van der Waals surface area contributed by atoms with Crippen molar-refractivity contribution in [3.8, 4) is 0 Å². The summed E-state index contributed by atoms with van der Waals surface area (Å²) in [6, 6.07) is 0.654. The number of likely N-dealkylation sites (tertiary alicyclic amines) is 1. The zero-order chi connectivity index (χ0) is 17.9. The highest BCUT2D eigenvalue weighted by molar-refractivity contribution is 4.83. The molecule has 3 N–H and O–H groups in total. The molecule has 1 unspecified atom stereocenters. The fourth-order valence-corrected chi connectivity index (χ4v) is 3.60. The van der Waals surface area contributed by atoms with Crippen LogP contribution < -0.4 is 5.84 Å². The Morgan fingerprint density at radius 1 is 0.958 bits per heavy atom. The second kappa shape index (κ2) is 12.2. The van der Waals surface area contributed by atoms with E-state index in [1.54, 1.807) is 7.11 Å². The molecule has 0 aromatic heterocycles. The Morgan fingerprint density at radius 3 is 1.88 bits per heavy atom. The maximum absolute atomic E-state index is 9.50. The van der Waals surface area contributed by atoms with Gasteiger partial charge in [-0.3, -0.25) is 5.84 Å². The molecule has 3 rings (SSSR count). The fraction of sp³-hybridized carbons (Fsp3) is 1.00. The number of hydrazine groups is 1. The van der Waals surface area contributed by atoms with Crippen molar-refractivity contribution in [3.63, 3.8) is 0 Å². The van der Waals surface area contributed by atoms with Gasteiger partial charge in [0.25, 0.3) is 0 Å². The number of aliphatic hydroxyl groups excluding tert-OH is 1. The van der Waals surface area contributed by atoms with E-state index in [4.69, 9.17) is 10.6 Å². The van der Waals surface area contributed by atoms with Gasteiger partial charge in [-0.25, -0.2) is 5.01 Å². The van der Waals surface area contributed by atoms with E-state index in [2.05, 4.69) is 11.8 Å². The van der Waals surface area contributed by atoms with Gasteiger partial charge in [-0.1, -0.05) is 13.8 Å². The molecule has 5 nitrogen and oxygen atoms in total. The zero-order valence-electron chi connectivity index (χ0n) is 16.4. The summed E-state index contributed by atoms with van der Waals surface area (Å²) in [6.45, 7) is 10.5. The van der Waals surface area contributed by atoms with E-state index < -0.39 is 0 Å². The van der Waals surface area contributed by atoms with Crippen LogP contribution in [0.1, 0.15) is 65.7 Å². The van der Waals surface area contributed by atoms with E-state index in [0.29, 0.717) is 12.1 Å². The van der Waals surface area contributed by atoms with Crippen molar-refractivity contribution in [3.05, 3.63) is 0 Å². The van der Waals surface area contributed by atoms with Gasteiger partial charge in [0, 0.05) is 39.3 Å². The van der Waals surface area contributed by atoms with Gasteiger partial charge >= 0.3 is 0 Å². The number of ether oxygens (including phenoxy) is 1. The zero-order valence-corrected chi connectivity index (χ0v) is 16.4. The molecule has 0 amide bonds. The highest BCUT2D eigenvalue weighted by Gasteiger charge is 2.29. The normalized spacial score (nSPS) is 25.8. The van der Waals surface area contributed by atoms with E-state index >= 15 is 0 Å². The van der Waals surface area contributed by atoms with Gasteiger partial charge in [0.1, 0.15) is 0 Å². The van der Waals surface area contributed by atoms with Gasteiger partial charge in [-0.15, -0.1) is 0 Å². The SMILES string of the molecule is CC.CC(C1CCN(N)CC1)N1CCC(O)CC1.COC1CCC1. The summed E-state index contributed by atoms with van der Waals surface area (Å²) in [5, 5.41) is 11.4. The van der Waals surface area contributed by atoms with Crippen LogP contribution in [0.4, 0.5) is 0 Å². The molecule has 0 radical (unpaired) electrons. The van der Waals surface area contributed by atoms with Crippen LogP contribution in [0.5, 0.6) is 0 Å². The van der Waals surface area contributed by atoms with Crippen molar-refractivity contribution < 1.29 is 9.84 Å². The van der Waals surface area contributed by atoms with Crippen molar-refractivity contribution in [1.82, 2.24) is 9.91 Å². The van der Waals surface area contributed by atoms with Crippen molar-refractivity contribution in [2.75, 3.05) is 33.3 Å². The predicted octanol–water partition coefficient (Wildman–Crippen LogP) is 2.63. The lowest BCUT2D eigenvalue weighted by Gasteiger charge is -2.41. The first-order valence-electron chi connectivity index (χ1n) is 10.0. The summed E-state index contributed by atoms with van der Waals surface area (Å²) in [5.74, 6) is 6.57. The number of rotatable bonds is 3. The summed E-state index contributed by atoms with van der Waals surface area (Å²) < 4.78 is 4.99. The van der Waals surface area contributed by atoms with E-state index in [1.165, 1.54) is 32.1 Å². The molecule has 1 aliphatic carbocycles. The Labute approximate surface area is 149 Å². The minimum atomic E-state index is -0.0608. The van der Waals surface area contributed by atoms with Crippen LogP contribution in [0.2, 0.25) is 0 Å². The second-order valence-electron chi connectivity index (χ2n) is 7.17. The van der Waals surface area contributed by atoms with Crippen LogP contribution in [0.3, 0.4) is 0 Å². The molecule has 144 valence electrons. The van der Waals surface area contributed by atoms with E-state index in [1.807, 2.05) is 18.9 Å². The highest BCUT2D eigenvalue weighted by atomic mass is 16.5. The molecule has 0 aromatic carbocycles. The van der Waals surface area contributed by atoms with Gasteiger partial charge in [-0.05, 0) is 57.8 Å². The van der Waals surface area contributed by atoms with E-state index in [-0.39, 0.29) is 6.10 Å². The fourth-order valence-electron chi connectivity index (χ4n) is 3.60. The third kappa shape index (κ3) is 7.36. The average Bonchev–Trinajstić information content (AvgIpc) is 2.57. The molecular weight excluding hydrogens is 302 g/mol. The van der Waals surface area contributed by atoms with E-state index in [0.717, 1.165) is 44.9 Å². The molecule has 1 saturated carbocycles. The van der Waals surface area contributed by atoms with Gasteiger partial charge in [0.2, 0.25) is 0 Å². The smallest absolute Gasteiger partial charge is 0.0571 e. The first-order chi connectivity index (χ1) is 11.6. The van der Waals surface area contributed by atoms with Gasteiger partial charge in [-0.2, -0.15) is 0 Å². The third-order valence-electron chi connectivity index (χ3n) is 5.72. The number of nitrogens with zero attached hydrogens (tertiary/aromatic N) is 2. The van der Waals surface area contributed by atoms with Crippen molar-refractivity contribution in [2.24, 2.45) is 11.8 Å². The standard InChI is InChI=1S/C12H25N3O.C5H10O.C2H6/c1-10(11-2-8-15(13)9-3-11)14-6-4-12(16)5-7-14;1-6-5-3-2-4-5;1-2/h10-12,16H,2-9,13H2,1H3;5H,2-4H2,1H3;1-2H3. The van der Waals surface area contributed by atoms with E-state index in [9.17, 15) is 5.11 Å². The van der Waals surface area contributed by atoms with Crippen LogP contribution in [0.25, 0.3) is 0 Å². The lowest BCUT2D eigenvalue weighted by atomic mass is 9.89. The minimum Gasteiger partial charge on any atom is -0.393 e. The maximum atomic E-state index is 9.50. The highest BCUT2D eigenvalue weighted by Crippen LogP contribution is 2.25. The lowest BCUT2D eigenvalue weighted by molar-refractivity contribution is 0.0350. The summed E-state index contributed by atoms with van der Waals surface area (Å²) >= 11 is 0. The molecular formula is C19H41N3O2. The summed E-state index contributed by atoms with van der Waals surface area (Å²) in [5.41, 5.74) is 0.